The predicted octanol–water partition coefficient (Wildman–Crippen LogP) is 5.33. The predicted molar refractivity (Wildman–Crippen MR) is 143 cm³/mol. The van der Waals surface area contributed by atoms with Gasteiger partial charge in [-0.25, -0.2) is 13.2 Å². The smallest absolute Gasteiger partial charge is 0.260 e. The molecule has 2 heterocycles. The average molecular weight is 595 g/mol. The molecule has 1 aromatic heterocycles. The second-order valence-corrected chi connectivity index (χ2v) is 11.0. The fourth-order valence-electron chi connectivity index (χ4n) is 4.42. The molecule has 0 N–H and O–H groups in total. The SMILES string of the molecule is CC(C)(C)c1ccc(COc2coc(CN3CCCN(C(=O)COc4c(F)c(F)c(F)c(F)c4F)CC3)cc2=O)cc1. The molecule has 1 amide bonds. The molecular formula is C30H31F5N2O5. The van der Waals surface area contributed by atoms with Gasteiger partial charge in [0.2, 0.25) is 40.3 Å². The van der Waals surface area contributed by atoms with Crippen LogP contribution in [0.2, 0.25) is 0 Å². The highest BCUT2D eigenvalue weighted by Gasteiger charge is 2.28. The first kappa shape index (κ1) is 31.0. The zero-order valence-electron chi connectivity index (χ0n) is 23.4. The molecular weight excluding hydrogens is 563 g/mol. The van der Waals surface area contributed by atoms with Gasteiger partial charge in [0.05, 0.1) is 6.54 Å². The van der Waals surface area contributed by atoms with Crippen LogP contribution in [-0.2, 0) is 23.4 Å². The Morgan fingerprint density at radius 1 is 0.881 bits per heavy atom. The molecule has 7 nitrogen and oxygen atoms in total. The third kappa shape index (κ3) is 7.28. The first-order chi connectivity index (χ1) is 19.8. The highest BCUT2D eigenvalue weighted by Crippen LogP contribution is 2.29. The van der Waals surface area contributed by atoms with Crippen LogP contribution in [0.5, 0.6) is 11.5 Å². The maximum atomic E-state index is 13.8. The van der Waals surface area contributed by atoms with E-state index in [0.29, 0.717) is 25.3 Å². The molecule has 2 aromatic carbocycles. The minimum absolute atomic E-state index is 0.0299. The fourth-order valence-corrected chi connectivity index (χ4v) is 4.42. The Morgan fingerprint density at radius 3 is 2.14 bits per heavy atom. The van der Waals surface area contributed by atoms with Crippen molar-refractivity contribution < 1.29 is 40.6 Å². The van der Waals surface area contributed by atoms with Gasteiger partial charge in [-0.15, -0.1) is 0 Å². The van der Waals surface area contributed by atoms with E-state index < -0.39 is 47.3 Å². The molecule has 0 unspecified atom stereocenters. The summed E-state index contributed by atoms with van der Waals surface area (Å²) in [6.07, 6.45) is 1.79. The Bertz CT molecular complexity index is 1460. The van der Waals surface area contributed by atoms with Gasteiger partial charge in [-0.3, -0.25) is 14.5 Å². The summed E-state index contributed by atoms with van der Waals surface area (Å²) in [5.41, 5.74) is 1.79. The number of benzene rings is 2. The van der Waals surface area contributed by atoms with Crippen LogP contribution in [-0.4, -0.2) is 48.5 Å². The molecule has 1 saturated heterocycles. The van der Waals surface area contributed by atoms with Crippen molar-refractivity contribution in [2.45, 2.75) is 45.8 Å². The highest BCUT2D eigenvalue weighted by molar-refractivity contribution is 5.77. The number of carbonyl (C=O) groups excluding carboxylic acids is 1. The Balaban J connectivity index is 1.28. The fraction of sp³-hybridized carbons (Fsp3) is 0.400. The van der Waals surface area contributed by atoms with Gasteiger partial charge in [0.1, 0.15) is 18.6 Å². The second kappa shape index (κ2) is 12.9. The largest absolute Gasteiger partial charge is 0.482 e. The summed E-state index contributed by atoms with van der Waals surface area (Å²) < 4.78 is 83.6. The quantitative estimate of drug-likeness (QED) is 0.200. The van der Waals surface area contributed by atoms with Gasteiger partial charge in [0, 0.05) is 32.2 Å². The van der Waals surface area contributed by atoms with Crippen molar-refractivity contribution in [2.75, 3.05) is 32.8 Å². The zero-order valence-corrected chi connectivity index (χ0v) is 23.4. The van der Waals surface area contributed by atoms with Gasteiger partial charge in [0.15, 0.2) is 12.4 Å². The van der Waals surface area contributed by atoms with E-state index in [1.54, 1.807) is 0 Å². The first-order valence-corrected chi connectivity index (χ1v) is 13.3. The summed E-state index contributed by atoms with van der Waals surface area (Å²) in [5.74, 6) is -12.6. The molecule has 0 spiro atoms. The molecule has 0 radical (unpaired) electrons. The molecule has 1 aliphatic heterocycles. The van der Waals surface area contributed by atoms with Crippen molar-refractivity contribution in [3.05, 3.63) is 92.8 Å². The third-order valence-corrected chi connectivity index (χ3v) is 6.90. The number of hydrogen-bond acceptors (Lipinski definition) is 6. The Labute approximate surface area is 239 Å². The Morgan fingerprint density at radius 2 is 1.52 bits per heavy atom. The van der Waals surface area contributed by atoms with E-state index in [2.05, 4.69) is 20.8 Å². The zero-order chi connectivity index (χ0) is 30.6. The standard InChI is InChI=1S/C30H31F5N2O5/c1-30(2,3)19-7-5-18(6-8-19)15-41-22-16-40-20(13-21(22)38)14-36-9-4-10-37(12-11-36)23(39)17-42-29-27(34)25(32)24(31)26(33)28(29)35/h5-8,13,16H,4,9-12,14-15,17H2,1-3H3. The molecule has 4 rings (SSSR count). The average Bonchev–Trinajstić information content (AvgIpc) is 3.20. The maximum Gasteiger partial charge on any atom is 0.260 e. The van der Waals surface area contributed by atoms with E-state index in [1.807, 2.05) is 29.2 Å². The lowest BCUT2D eigenvalue weighted by Crippen LogP contribution is -2.38. The van der Waals surface area contributed by atoms with Crippen LogP contribution in [0.4, 0.5) is 22.0 Å². The van der Waals surface area contributed by atoms with Crippen LogP contribution in [0.3, 0.4) is 0 Å². The van der Waals surface area contributed by atoms with Crippen molar-refractivity contribution >= 4 is 5.91 Å². The van der Waals surface area contributed by atoms with Gasteiger partial charge in [0.25, 0.3) is 5.91 Å². The van der Waals surface area contributed by atoms with Gasteiger partial charge in [-0.2, -0.15) is 8.78 Å². The lowest BCUT2D eigenvalue weighted by Gasteiger charge is -2.22. The van der Waals surface area contributed by atoms with Crippen molar-refractivity contribution in [3.63, 3.8) is 0 Å². The van der Waals surface area contributed by atoms with E-state index in [9.17, 15) is 31.5 Å². The van der Waals surface area contributed by atoms with Crippen LogP contribution in [0.25, 0.3) is 0 Å². The second-order valence-electron chi connectivity index (χ2n) is 11.0. The monoisotopic (exact) mass is 594 g/mol. The van der Waals surface area contributed by atoms with E-state index >= 15 is 0 Å². The molecule has 226 valence electrons. The van der Waals surface area contributed by atoms with E-state index in [-0.39, 0.29) is 42.8 Å². The highest BCUT2D eigenvalue weighted by atomic mass is 19.2. The van der Waals surface area contributed by atoms with Crippen molar-refractivity contribution in [1.29, 1.82) is 0 Å². The normalized spacial score (nSPS) is 14.5. The molecule has 0 saturated carbocycles. The summed E-state index contributed by atoms with van der Waals surface area (Å²) in [6, 6.07) is 9.31. The summed E-state index contributed by atoms with van der Waals surface area (Å²) in [4.78, 5) is 28.5. The molecule has 0 bridgehead atoms. The van der Waals surface area contributed by atoms with Gasteiger partial charge in [-0.05, 0) is 23.0 Å². The molecule has 42 heavy (non-hydrogen) atoms. The van der Waals surface area contributed by atoms with E-state index in [0.717, 1.165) is 5.56 Å². The minimum atomic E-state index is -2.31. The number of halogens is 5. The van der Waals surface area contributed by atoms with Gasteiger partial charge in [-0.1, -0.05) is 45.0 Å². The summed E-state index contributed by atoms with van der Waals surface area (Å²) >= 11 is 0. The Hall–Kier alpha value is -3.93. The topological polar surface area (TPSA) is 72.2 Å². The third-order valence-electron chi connectivity index (χ3n) is 6.90. The van der Waals surface area contributed by atoms with Crippen molar-refractivity contribution in [1.82, 2.24) is 9.80 Å². The van der Waals surface area contributed by atoms with Gasteiger partial charge < -0.3 is 18.8 Å². The molecule has 1 fully saturated rings. The lowest BCUT2D eigenvalue weighted by atomic mass is 9.87. The number of hydrogen-bond donors (Lipinski definition) is 0. The van der Waals surface area contributed by atoms with Crippen LogP contribution < -0.4 is 14.9 Å². The van der Waals surface area contributed by atoms with Crippen molar-refractivity contribution in [3.8, 4) is 11.5 Å². The number of carbonyl (C=O) groups is 1. The number of amides is 1. The molecule has 0 atom stereocenters. The van der Waals surface area contributed by atoms with Crippen LogP contribution in [0.1, 0.15) is 44.1 Å². The van der Waals surface area contributed by atoms with Crippen LogP contribution in [0, 0.1) is 29.1 Å². The summed E-state index contributed by atoms with van der Waals surface area (Å²) in [6.45, 7) is 7.37. The number of rotatable bonds is 8. The van der Waals surface area contributed by atoms with E-state index in [1.165, 1.54) is 22.8 Å². The number of nitrogens with zero attached hydrogens (tertiary/aromatic N) is 2. The first-order valence-electron chi connectivity index (χ1n) is 13.3. The van der Waals surface area contributed by atoms with Crippen LogP contribution >= 0.6 is 0 Å². The number of ether oxygens (including phenoxy) is 2. The molecule has 1 aliphatic rings. The lowest BCUT2D eigenvalue weighted by molar-refractivity contribution is -0.133. The summed E-state index contributed by atoms with van der Waals surface area (Å²) in [5, 5.41) is 0. The molecule has 0 aliphatic carbocycles. The summed E-state index contributed by atoms with van der Waals surface area (Å²) in [7, 11) is 0. The molecule has 3 aromatic rings. The van der Waals surface area contributed by atoms with Gasteiger partial charge >= 0.3 is 0 Å². The molecule has 12 heteroatoms. The maximum absolute atomic E-state index is 13.8. The Kier molecular flexibility index (Phi) is 9.55. The van der Waals surface area contributed by atoms with Crippen molar-refractivity contribution in [2.24, 2.45) is 0 Å². The van der Waals surface area contributed by atoms with Crippen LogP contribution in [0.15, 0.2) is 45.8 Å². The van der Waals surface area contributed by atoms with E-state index in [4.69, 9.17) is 13.9 Å². The minimum Gasteiger partial charge on any atom is -0.482 e.